The van der Waals surface area contributed by atoms with E-state index in [2.05, 4.69) is 4.90 Å². The average molecular weight is 229 g/mol. The van der Waals surface area contributed by atoms with Crippen LogP contribution < -0.4 is 5.73 Å². The Morgan fingerprint density at radius 3 is 2.80 bits per heavy atom. The zero-order valence-electron chi connectivity index (χ0n) is 8.58. The minimum Gasteiger partial charge on any atom is -0.326 e. The van der Waals surface area contributed by atoms with Crippen molar-refractivity contribution in [1.29, 1.82) is 0 Å². The molecule has 1 aliphatic heterocycles. The second kappa shape index (κ2) is 4.08. The number of halogens is 2. The van der Waals surface area contributed by atoms with Crippen LogP contribution in [0.25, 0.3) is 0 Å². The molecule has 0 unspecified atom stereocenters. The third-order valence-electron chi connectivity index (χ3n) is 2.98. The van der Waals surface area contributed by atoms with Gasteiger partial charge in [-0.25, -0.2) is 4.39 Å². The first-order valence-electron chi connectivity index (χ1n) is 5.00. The van der Waals surface area contributed by atoms with E-state index in [9.17, 15) is 4.39 Å². The predicted octanol–water partition coefficient (Wildman–Crippen LogP) is 2.18. The minimum absolute atomic E-state index is 0.0792. The van der Waals surface area contributed by atoms with Crippen molar-refractivity contribution in [2.24, 2.45) is 5.73 Å². The van der Waals surface area contributed by atoms with Gasteiger partial charge in [-0.2, -0.15) is 0 Å². The van der Waals surface area contributed by atoms with E-state index in [1.54, 1.807) is 6.07 Å². The van der Waals surface area contributed by atoms with Crippen molar-refractivity contribution in [1.82, 2.24) is 4.90 Å². The van der Waals surface area contributed by atoms with Gasteiger partial charge < -0.3 is 5.73 Å². The van der Waals surface area contributed by atoms with Crippen LogP contribution >= 0.6 is 11.6 Å². The van der Waals surface area contributed by atoms with Gasteiger partial charge in [-0.15, -0.1) is 0 Å². The Kier molecular flexibility index (Phi) is 2.96. The van der Waals surface area contributed by atoms with Gasteiger partial charge in [0.25, 0.3) is 0 Å². The Labute approximate surface area is 93.8 Å². The highest BCUT2D eigenvalue weighted by molar-refractivity contribution is 6.30. The lowest BCUT2D eigenvalue weighted by atomic mass is 10.0. The third-order valence-corrected chi connectivity index (χ3v) is 3.29. The molecular weight excluding hydrogens is 215 g/mol. The van der Waals surface area contributed by atoms with Gasteiger partial charge in [0.05, 0.1) is 5.02 Å². The highest BCUT2D eigenvalue weighted by atomic mass is 35.5. The lowest BCUT2D eigenvalue weighted by Crippen LogP contribution is -2.29. The molecule has 0 bridgehead atoms. The molecule has 1 aliphatic rings. The van der Waals surface area contributed by atoms with Crippen LogP contribution in [0.5, 0.6) is 0 Å². The topological polar surface area (TPSA) is 29.3 Å². The number of likely N-dealkylation sites (N-methyl/N-ethyl adjacent to an activating group) is 1. The molecule has 0 amide bonds. The molecule has 0 aliphatic carbocycles. The molecule has 1 heterocycles. The van der Waals surface area contributed by atoms with Crippen LogP contribution in [0.3, 0.4) is 0 Å². The number of likely N-dealkylation sites (tertiary alicyclic amines) is 1. The number of nitrogens with two attached hydrogens (primary N) is 1. The molecule has 2 rings (SSSR count). The quantitative estimate of drug-likeness (QED) is 0.799. The number of nitrogens with zero attached hydrogens (tertiary/aromatic N) is 1. The van der Waals surface area contributed by atoms with Gasteiger partial charge in [-0.05, 0) is 31.2 Å². The van der Waals surface area contributed by atoms with E-state index in [0.717, 1.165) is 18.5 Å². The Hall–Kier alpha value is -0.640. The number of benzene rings is 1. The monoisotopic (exact) mass is 228 g/mol. The second-order valence-electron chi connectivity index (χ2n) is 4.05. The highest BCUT2D eigenvalue weighted by Crippen LogP contribution is 2.31. The summed E-state index contributed by atoms with van der Waals surface area (Å²) in [5.41, 5.74) is 6.90. The molecular formula is C11H14ClFN2. The molecule has 0 spiro atoms. The summed E-state index contributed by atoms with van der Waals surface area (Å²) < 4.78 is 13.3. The fourth-order valence-electron chi connectivity index (χ4n) is 2.17. The molecule has 0 radical (unpaired) electrons. The molecule has 2 N–H and O–H groups in total. The molecule has 82 valence electrons. The summed E-state index contributed by atoms with van der Waals surface area (Å²) in [4.78, 5) is 2.15. The molecule has 4 heteroatoms. The van der Waals surface area contributed by atoms with E-state index in [4.69, 9.17) is 17.3 Å². The van der Waals surface area contributed by atoms with Crippen molar-refractivity contribution >= 4 is 11.6 Å². The van der Waals surface area contributed by atoms with E-state index in [-0.39, 0.29) is 22.9 Å². The predicted molar refractivity (Wildman–Crippen MR) is 59.4 cm³/mol. The van der Waals surface area contributed by atoms with Crippen molar-refractivity contribution in [2.75, 3.05) is 13.6 Å². The Bertz CT molecular complexity index is 360. The SMILES string of the molecule is CN1CC[C@H](N)[C@H]1c1ccc(Cl)c(F)c1. The Morgan fingerprint density at radius 2 is 2.27 bits per heavy atom. The number of hydrogen-bond donors (Lipinski definition) is 1. The van der Waals surface area contributed by atoms with Gasteiger partial charge in [-0.1, -0.05) is 17.7 Å². The first-order valence-corrected chi connectivity index (χ1v) is 5.38. The molecule has 1 aromatic carbocycles. The normalized spacial score (nSPS) is 27.2. The number of hydrogen-bond acceptors (Lipinski definition) is 2. The van der Waals surface area contributed by atoms with Gasteiger partial charge >= 0.3 is 0 Å². The molecule has 1 saturated heterocycles. The van der Waals surface area contributed by atoms with Gasteiger partial charge in [0.1, 0.15) is 5.82 Å². The third kappa shape index (κ3) is 2.00. The summed E-state index contributed by atoms with van der Waals surface area (Å²) in [5.74, 6) is -0.373. The summed E-state index contributed by atoms with van der Waals surface area (Å²) in [7, 11) is 2.00. The lowest BCUT2D eigenvalue weighted by Gasteiger charge is -2.23. The molecule has 1 fully saturated rings. The first kappa shape index (κ1) is 10.9. The fourth-order valence-corrected chi connectivity index (χ4v) is 2.29. The van der Waals surface area contributed by atoms with Gasteiger partial charge in [0, 0.05) is 18.6 Å². The van der Waals surface area contributed by atoms with Crippen LogP contribution in [-0.2, 0) is 0 Å². The average Bonchev–Trinajstić information content (AvgIpc) is 2.52. The second-order valence-corrected chi connectivity index (χ2v) is 4.46. The molecule has 0 saturated carbocycles. The maximum Gasteiger partial charge on any atom is 0.142 e. The van der Waals surface area contributed by atoms with Crippen LogP contribution in [0.1, 0.15) is 18.0 Å². The molecule has 2 atom stereocenters. The van der Waals surface area contributed by atoms with Crippen LogP contribution in [-0.4, -0.2) is 24.5 Å². The van der Waals surface area contributed by atoms with Gasteiger partial charge in [0.2, 0.25) is 0 Å². The summed E-state index contributed by atoms with van der Waals surface area (Å²) >= 11 is 5.64. The van der Waals surface area contributed by atoms with E-state index in [1.807, 2.05) is 13.1 Å². The smallest absolute Gasteiger partial charge is 0.142 e. The zero-order chi connectivity index (χ0) is 11.0. The Morgan fingerprint density at radius 1 is 1.53 bits per heavy atom. The minimum atomic E-state index is -0.373. The van der Waals surface area contributed by atoms with Crippen molar-refractivity contribution in [3.8, 4) is 0 Å². The molecule has 2 nitrogen and oxygen atoms in total. The van der Waals surface area contributed by atoms with Crippen molar-refractivity contribution < 1.29 is 4.39 Å². The standard InChI is InChI=1S/C11H14ClFN2/c1-15-5-4-10(14)11(15)7-2-3-8(12)9(13)6-7/h2-3,6,10-11H,4-5,14H2,1H3/t10-,11+/m0/s1. The largest absolute Gasteiger partial charge is 0.326 e. The van der Waals surface area contributed by atoms with Crippen LogP contribution in [0.15, 0.2) is 18.2 Å². The maximum atomic E-state index is 13.3. The zero-order valence-corrected chi connectivity index (χ0v) is 9.34. The number of rotatable bonds is 1. The van der Waals surface area contributed by atoms with Gasteiger partial charge in [-0.3, -0.25) is 4.90 Å². The molecule has 0 aromatic heterocycles. The summed E-state index contributed by atoms with van der Waals surface area (Å²) in [6.07, 6.45) is 0.950. The van der Waals surface area contributed by atoms with Crippen molar-refractivity contribution in [3.63, 3.8) is 0 Å². The summed E-state index contributed by atoms with van der Waals surface area (Å²) in [5, 5.41) is 0.160. The highest BCUT2D eigenvalue weighted by Gasteiger charge is 2.30. The first-order chi connectivity index (χ1) is 7.09. The van der Waals surface area contributed by atoms with Crippen molar-refractivity contribution in [2.45, 2.75) is 18.5 Å². The summed E-state index contributed by atoms with van der Waals surface area (Å²) in [6, 6.07) is 5.10. The van der Waals surface area contributed by atoms with E-state index < -0.39 is 0 Å². The van der Waals surface area contributed by atoms with E-state index in [1.165, 1.54) is 6.07 Å². The Balaban J connectivity index is 2.32. The van der Waals surface area contributed by atoms with Crippen LogP contribution in [0, 0.1) is 5.82 Å². The van der Waals surface area contributed by atoms with Gasteiger partial charge in [0.15, 0.2) is 0 Å². The van der Waals surface area contributed by atoms with Crippen molar-refractivity contribution in [3.05, 3.63) is 34.6 Å². The maximum absolute atomic E-state index is 13.3. The summed E-state index contributed by atoms with van der Waals surface area (Å²) in [6.45, 7) is 0.954. The molecule has 15 heavy (non-hydrogen) atoms. The van der Waals surface area contributed by atoms with Crippen LogP contribution in [0.4, 0.5) is 4.39 Å². The lowest BCUT2D eigenvalue weighted by molar-refractivity contribution is 0.303. The fraction of sp³-hybridized carbons (Fsp3) is 0.455. The van der Waals surface area contributed by atoms with E-state index >= 15 is 0 Å². The molecule has 1 aromatic rings. The van der Waals surface area contributed by atoms with E-state index in [0.29, 0.717) is 0 Å². The van der Waals surface area contributed by atoms with Crippen LogP contribution in [0.2, 0.25) is 5.02 Å².